The Hall–Kier alpha value is -2.04. The van der Waals surface area contributed by atoms with Crippen LogP contribution in [0.3, 0.4) is 0 Å². The van der Waals surface area contributed by atoms with Crippen LogP contribution in [0.4, 0.5) is 5.69 Å². The van der Waals surface area contributed by atoms with Crippen molar-refractivity contribution < 1.29 is 14.3 Å². The van der Waals surface area contributed by atoms with Crippen LogP contribution in [0.2, 0.25) is 0 Å². The number of hydrogen-bond donors (Lipinski definition) is 1. The Kier molecular flexibility index (Phi) is 6.89. The molecule has 0 aliphatic carbocycles. The van der Waals surface area contributed by atoms with Crippen molar-refractivity contribution >= 4 is 17.5 Å². The van der Waals surface area contributed by atoms with Gasteiger partial charge in [0.25, 0.3) is 0 Å². The maximum absolute atomic E-state index is 11.9. The van der Waals surface area contributed by atoms with Crippen molar-refractivity contribution in [2.75, 3.05) is 25.1 Å². The molecule has 0 aromatic heterocycles. The highest BCUT2D eigenvalue weighted by molar-refractivity contribution is 5.94. The largest absolute Gasteiger partial charge is 0.495 e. The quantitative estimate of drug-likeness (QED) is 0.842. The van der Waals surface area contributed by atoms with Crippen molar-refractivity contribution in [2.45, 2.75) is 34.1 Å². The third-order valence-corrected chi connectivity index (χ3v) is 3.28. The topological polar surface area (TPSA) is 58.6 Å². The molecule has 0 bridgehead atoms. The van der Waals surface area contributed by atoms with Crippen LogP contribution in [0.5, 0.6) is 5.75 Å². The number of ether oxygens (including phenoxy) is 1. The Morgan fingerprint density at radius 1 is 1.32 bits per heavy atom. The predicted octanol–water partition coefficient (Wildman–Crippen LogP) is 2.52. The fourth-order valence-electron chi connectivity index (χ4n) is 2.08. The fraction of sp³-hybridized carbons (Fsp3) is 0.529. The van der Waals surface area contributed by atoms with Crippen molar-refractivity contribution in [3.8, 4) is 5.75 Å². The summed E-state index contributed by atoms with van der Waals surface area (Å²) in [5, 5.41) is 2.86. The smallest absolute Gasteiger partial charge is 0.223 e. The van der Waals surface area contributed by atoms with Gasteiger partial charge in [-0.1, -0.05) is 19.9 Å². The summed E-state index contributed by atoms with van der Waals surface area (Å²) in [6.07, 6.45) is 0.267. The predicted molar refractivity (Wildman–Crippen MR) is 88.2 cm³/mol. The molecule has 0 spiro atoms. The molecule has 0 unspecified atom stereocenters. The number of amides is 2. The van der Waals surface area contributed by atoms with Gasteiger partial charge in [-0.05, 0) is 30.5 Å². The van der Waals surface area contributed by atoms with Crippen LogP contribution in [0.15, 0.2) is 18.2 Å². The molecular weight excluding hydrogens is 280 g/mol. The van der Waals surface area contributed by atoms with Gasteiger partial charge < -0.3 is 15.0 Å². The first-order chi connectivity index (χ1) is 10.3. The van der Waals surface area contributed by atoms with E-state index in [1.54, 1.807) is 12.0 Å². The van der Waals surface area contributed by atoms with E-state index in [1.165, 1.54) is 6.92 Å². The van der Waals surface area contributed by atoms with Gasteiger partial charge in [-0.15, -0.1) is 0 Å². The average molecular weight is 306 g/mol. The molecule has 0 fully saturated rings. The third kappa shape index (κ3) is 5.39. The molecule has 5 heteroatoms. The fourth-order valence-corrected chi connectivity index (χ4v) is 2.08. The van der Waals surface area contributed by atoms with Crippen LogP contribution in [-0.2, 0) is 9.59 Å². The molecular formula is C17H26N2O3. The Labute approximate surface area is 132 Å². The van der Waals surface area contributed by atoms with Gasteiger partial charge in [0.05, 0.1) is 12.8 Å². The van der Waals surface area contributed by atoms with E-state index in [-0.39, 0.29) is 18.2 Å². The molecule has 22 heavy (non-hydrogen) atoms. The summed E-state index contributed by atoms with van der Waals surface area (Å²) in [7, 11) is 1.57. The zero-order valence-electron chi connectivity index (χ0n) is 14.1. The molecule has 0 saturated carbocycles. The Balaban J connectivity index is 2.80. The van der Waals surface area contributed by atoms with E-state index in [1.807, 2.05) is 39.0 Å². The number of benzene rings is 1. The Bertz CT molecular complexity index is 527. The number of aryl methyl sites for hydroxylation is 1. The molecule has 0 saturated heterocycles. The second-order valence-corrected chi connectivity index (χ2v) is 5.79. The van der Waals surface area contributed by atoms with Gasteiger partial charge in [0, 0.05) is 26.4 Å². The second kappa shape index (κ2) is 8.41. The van der Waals surface area contributed by atoms with E-state index in [0.29, 0.717) is 30.4 Å². The van der Waals surface area contributed by atoms with Gasteiger partial charge in [0.15, 0.2) is 0 Å². The number of anilines is 1. The van der Waals surface area contributed by atoms with Gasteiger partial charge in [-0.3, -0.25) is 9.59 Å². The number of carbonyl (C=O) groups is 2. The molecule has 122 valence electrons. The lowest BCUT2D eigenvalue weighted by molar-refractivity contribution is -0.121. The molecule has 1 N–H and O–H groups in total. The van der Waals surface area contributed by atoms with Crippen molar-refractivity contribution in [3.05, 3.63) is 23.8 Å². The second-order valence-electron chi connectivity index (χ2n) is 5.79. The number of rotatable bonds is 7. The molecule has 0 aliphatic rings. The summed E-state index contributed by atoms with van der Waals surface area (Å²) in [5.41, 5.74) is 1.73. The molecule has 0 atom stereocenters. The van der Waals surface area contributed by atoms with Crippen molar-refractivity contribution in [3.63, 3.8) is 0 Å². The van der Waals surface area contributed by atoms with E-state index >= 15 is 0 Å². The molecule has 0 heterocycles. The SMILES string of the molecule is COc1ccc(C)cc1N(CCC(=O)NCC(C)C)C(C)=O. The first-order valence-electron chi connectivity index (χ1n) is 7.54. The molecule has 2 amide bonds. The van der Waals surface area contributed by atoms with E-state index in [4.69, 9.17) is 4.74 Å². The minimum Gasteiger partial charge on any atom is -0.495 e. The summed E-state index contributed by atoms with van der Waals surface area (Å²) in [4.78, 5) is 25.4. The zero-order valence-corrected chi connectivity index (χ0v) is 14.1. The molecule has 0 radical (unpaired) electrons. The Morgan fingerprint density at radius 3 is 2.55 bits per heavy atom. The monoisotopic (exact) mass is 306 g/mol. The van der Waals surface area contributed by atoms with E-state index in [2.05, 4.69) is 5.32 Å². The number of nitrogens with zero attached hydrogens (tertiary/aromatic N) is 1. The van der Waals surface area contributed by atoms with Gasteiger partial charge in [0.1, 0.15) is 5.75 Å². The molecule has 1 aromatic rings. The van der Waals surface area contributed by atoms with Gasteiger partial charge >= 0.3 is 0 Å². The minimum absolute atomic E-state index is 0.0495. The number of hydrogen-bond acceptors (Lipinski definition) is 3. The van der Waals surface area contributed by atoms with Crippen LogP contribution < -0.4 is 15.0 Å². The highest BCUT2D eigenvalue weighted by atomic mass is 16.5. The minimum atomic E-state index is -0.111. The van der Waals surface area contributed by atoms with Crippen LogP contribution in [-0.4, -0.2) is 32.0 Å². The van der Waals surface area contributed by atoms with Crippen molar-refractivity contribution in [1.82, 2.24) is 5.32 Å². The summed E-state index contributed by atoms with van der Waals surface area (Å²) in [6.45, 7) is 8.51. The lowest BCUT2D eigenvalue weighted by Crippen LogP contribution is -2.35. The first kappa shape index (κ1) is 18.0. The molecule has 0 aliphatic heterocycles. The average Bonchev–Trinajstić information content (AvgIpc) is 2.45. The third-order valence-electron chi connectivity index (χ3n) is 3.28. The normalized spacial score (nSPS) is 10.5. The van der Waals surface area contributed by atoms with Crippen molar-refractivity contribution in [2.24, 2.45) is 5.92 Å². The van der Waals surface area contributed by atoms with Crippen molar-refractivity contribution in [1.29, 1.82) is 0 Å². The molecule has 5 nitrogen and oxygen atoms in total. The summed E-state index contributed by atoms with van der Waals surface area (Å²) < 4.78 is 5.32. The van der Waals surface area contributed by atoms with E-state index < -0.39 is 0 Å². The van der Waals surface area contributed by atoms with Crippen LogP contribution >= 0.6 is 0 Å². The zero-order chi connectivity index (χ0) is 16.7. The highest BCUT2D eigenvalue weighted by Gasteiger charge is 2.17. The van der Waals surface area contributed by atoms with E-state index in [0.717, 1.165) is 5.56 Å². The Morgan fingerprint density at radius 2 is 2.00 bits per heavy atom. The van der Waals surface area contributed by atoms with Crippen LogP contribution in [0.25, 0.3) is 0 Å². The summed E-state index contributed by atoms with van der Waals surface area (Å²) in [6, 6.07) is 5.65. The number of nitrogens with one attached hydrogen (secondary N) is 1. The number of methoxy groups -OCH3 is 1. The first-order valence-corrected chi connectivity index (χ1v) is 7.54. The lowest BCUT2D eigenvalue weighted by Gasteiger charge is -2.23. The maximum atomic E-state index is 11.9. The van der Waals surface area contributed by atoms with Gasteiger partial charge in [-0.25, -0.2) is 0 Å². The molecule has 1 rings (SSSR count). The highest BCUT2D eigenvalue weighted by Crippen LogP contribution is 2.29. The summed E-state index contributed by atoms with van der Waals surface area (Å²) >= 11 is 0. The standard InChI is InChI=1S/C17H26N2O3/c1-12(2)11-18-17(21)8-9-19(14(4)20)15-10-13(3)6-7-16(15)22-5/h6-7,10,12H,8-9,11H2,1-5H3,(H,18,21). The molecule has 1 aromatic carbocycles. The number of carbonyl (C=O) groups excluding carboxylic acids is 2. The van der Waals surface area contributed by atoms with Crippen LogP contribution in [0, 0.1) is 12.8 Å². The lowest BCUT2D eigenvalue weighted by atomic mass is 10.1. The summed E-state index contributed by atoms with van der Waals surface area (Å²) in [5.74, 6) is 0.875. The van der Waals surface area contributed by atoms with Crippen LogP contribution in [0.1, 0.15) is 32.8 Å². The van der Waals surface area contributed by atoms with E-state index in [9.17, 15) is 9.59 Å². The van der Waals surface area contributed by atoms with Gasteiger partial charge in [-0.2, -0.15) is 0 Å². The maximum Gasteiger partial charge on any atom is 0.223 e. The van der Waals surface area contributed by atoms with Gasteiger partial charge in [0.2, 0.25) is 11.8 Å².